The van der Waals surface area contributed by atoms with Crippen LogP contribution < -0.4 is 11.0 Å². The van der Waals surface area contributed by atoms with E-state index in [9.17, 15) is 24.3 Å². The summed E-state index contributed by atoms with van der Waals surface area (Å²) in [7, 11) is 0. The summed E-state index contributed by atoms with van der Waals surface area (Å²) in [5.74, 6) is -2.30. The highest BCUT2D eigenvalue weighted by Crippen LogP contribution is 2.35. The van der Waals surface area contributed by atoms with Crippen molar-refractivity contribution in [3.63, 3.8) is 0 Å². The van der Waals surface area contributed by atoms with E-state index in [1.807, 2.05) is 33.8 Å². The number of esters is 1. The minimum atomic E-state index is -1.35. The van der Waals surface area contributed by atoms with Crippen molar-refractivity contribution in [3.8, 4) is 0 Å². The SMILES string of the molecule is Cc1c(C(=O)OC(C)(C)C)ccc2c1CC[C@@H]2NC(=O)c1cc(C(=O)O)n2c(=O)[nH]cc2n1. The lowest BCUT2D eigenvalue weighted by Gasteiger charge is -2.21. The van der Waals surface area contributed by atoms with E-state index in [1.54, 1.807) is 6.07 Å². The molecular formula is C23H24N4O6. The molecule has 0 bridgehead atoms. The molecule has 0 unspecified atom stereocenters. The number of imidazole rings is 1. The number of ether oxygens (including phenoxy) is 1. The minimum Gasteiger partial charge on any atom is -0.477 e. The van der Waals surface area contributed by atoms with Gasteiger partial charge in [0.25, 0.3) is 5.91 Å². The number of nitrogens with zero attached hydrogens (tertiary/aromatic N) is 2. The van der Waals surface area contributed by atoms with Crippen LogP contribution in [0.3, 0.4) is 0 Å². The topological polar surface area (TPSA) is 143 Å². The zero-order chi connectivity index (χ0) is 24.1. The normalized spacial score (nSPS) is 15.3. The molecule has 2 heterocycles. The molecule has 0 saturated heterocycles. The van der Waals surface area contributed by atoms with Gasteiger partial charge in [0, 0.05) is 12.3 Å². The number of hydrogen-bond donors (Lipinski definition) is 3. The van der Waals surface area contributed by atoms with E-state index in [0.29, 0.717) is 18.4 Å². The zero-order valence-electron chi connectivity index (χ0n) is 18.7. The molecule has 0 saturated carbocycles. The van der Waals surface area contributed by atoms with E-state index >= 15 is 0 Å². The Morgan fingerprint density at radius 1 is 1.27 bits per heavy atom. The van der Waals surface area contributed by atoms with E-state index in [4.69, 9.17) is 4.74 Å². The fraction of sp³-hybridized carbons (Fsp3) is 0.348. The molecule has 1 aliphatic carbocycles. The van der Waals surface area contributed by atoms with E-state index < -0.39 is 29.1 Å². The molecule has 2 aromatic heterocycles. The lowest BCUT2D eigenvalue weighted by molar-refractivity contribution is 0.00682. The van der Waals surface area contributed by atoms with E-state index in [0.717, 1.165) is 27.2 Å². The highest BCUT2D eigenvalue weighted by Gasteiger charge is 2.29. The van der Waals surface area contributed by atoms with Gasteiger partial charge in [0.2, 0.25) is 0 Å². The lowest BCUT2D eigenvalue weighted by Crippen LogP contribution is -2.29. The molecule has 0 aliphatic heterocycles. The van der Waals surface area contributed by atoms with Crippen molar-refractivity contribution in [3.05, 3.63) is 68.5 Å². The molecule has 1 aromatic carbocycles. The Morgan fingerprint density at radius 2 is 2.00 bits per heavy atom. The van der Waals surface area contributed by atoms with Crippen molar-refractivity contribution in [1.82, 2.24) is 19.7 Å². The number of fused-ring (bicyclic) bond motifs is 2. The Balaban J connectivity index is 1.61. The Labute approximate surface area is 188 Å². The second kappa shape index (κ2) is 7.88. The molecule has 33 heavy (non-hydrogen) atoms. The monoisotopic (exact) mass is 452 g/mol. The largest absolute Gasteiger partial charge is 0.477 e. The van der Waals surface area contributed by atoms with Gasteiger partial charge in [0.15, 0.2) is 5.65 Å². The molecule has 3 N–H and O–H groups in total. The van der Waals surface area contributed by atoms with Gasteiger partial charge in [-0.05, 0) is 63.3 Å². The van der Waals surface area contributed by atoms with Gasteiger partial charge in [-0.2, -0.15) is 0 Å². The van der Waals surface area contributed by atoms with Crippen LogP contribution in [0.2, 0.25) is 0 Å². The standard InChI is InChI=1S/C23H24N4O6/c1-11-12-7-8-15(14(12)6-5-13(11)21(31)33-23(2,3)4)26-19(28)16-9-17(20(29)30)27-18(25-16)10-24-22(27)32/h5-6,9-10,15H,7-8H2,1-4H3,(H,24,32)(H,26,28)(H,29,30)/t15-/m0/s1. The van der Waals surface area contributed by atoms with Gasteiger partial charge in [-0.15, -0.1) is 0 Å². The predicted molar refractivity (Wildman–Crippen MR) is 118 cm³/mol. The molecule has 0 spiro atoms. The Kier molecular flexibility index (Phi) is 5.31. The van der Waals surface area contributed by atoms with Gasteiger partial charge in [0.1, 0.15) is 17.0 Å². The number of carbonyl (C=O) groups excluding carboxylic acids is 2. The number of aromatic nitrogens is 3. The van der Waals surface area contributed by atoms with Crippen molar-refractivity contribution in [2.24, 2.45) is 0 Å². The minimum absolute atomic E-state index is 0.0368. The van der Waals surface area contributed by atoms with Crippen LogP contribution in [0, 0.1) is 6.92 Å². The van der Waals surface area contributed by atoms with Crippen molar-refractivity contribution in [2.75, 3.05) is 0 Å². The molecule has 172 valence electrons. The van der Waals surface area contributed by atoms with Gasteiger partial charge in [0.05, 0.1) is 11.6 Å². The first kappa shape index (κ1) is 22.3. The molecule has 1 aliphatic rings. The third kappa shape index (κ3) is 4.11. The number of H-pyrrole nitrogens is 1. The number of benzene rings is 1. The van der Waals surface area contributed by atoms with E-state index in [-0.39, 0.29) is 23.1 Å². The first-order valence-electron chi connectivity index (χ1n) is 10.5. The molecule has 0 fully saturated rings. The maximum absolute atomic E-state index is 12.9. The Bertz CT molecular complexity index is 1360. The maximum atomic E-state index is 12.9. The average molecular weight is 452 g/mol. The fourth-order valence-electron chi connectivity index (χ4n) is 4.11. The van der Waals surface area contributed by atoms with Crippen LogP contribution in [0.15, 0.2) is 29.2 Å². The number of aromatic amines is 1. The summed E-state index contributed by atoms with van der Waals surface area (Å²) < 4.78 is 6.38. The van der Waals surface area contributed by atoms with Crippen LogP contribution in [0.25, 0.3) is 5.65 Å². The summed E-state index contributed by atoms with van der Waals surface area (Å²) in [5.41, 5.74) is 1.50. The van der Waals surface area contributed by atoms with Gasteiger partial charge in [-0.1, -0.05) is 6.07 Å². The number of aromatic carboxylic acids is 1. The lowest BCUT2D eigenvalue weighted by atomic mass is 9.97. The molecule has 4 rings (SSSR count). The molecule has 10 heteroatoms. The molecular weight excluding hydrogens is 428 g/mol. The van der Waals surface area contributed by atoms with Crippen LogP contribution in [-0.4, -0.2) is 42.9 Å². The third-order valence-electron chi connectivity index (χ3n) is 5.58. The highest BCUT2D eigenvalue weighted by molar-refractivity contribution is 5.96. The van der Waals surface area contributed by atoms with Gasteiger partial charge >= 0.3 is 17.6 Å². The van der Waals surface area contributed by atoms with Gasteiger partial charge < -0.3 is 20.1 Å². The quantitative estimate of drug-likeness (QED) is 0.516. The van der Waals surface area contributed by atoms with Crippen molar-refractivity contribution >= 4 is 23.5 Å². The smallest absolute Gasteiger partial charge is 0.353 e. The second-order valence-corrected chi connectivity index (χ2v) is 8.99. The van der Waals surface area contributed by atoms with Gasteiger partial charge in [-0.3, -0.25) is 4.79 Å². The number of nitrogens with one attached hydrogen (secondary N) is 2. The molecule has 1 atom stereocenters. The van der Waals surface area contributed by atoms with Gasteiger partial charge in [-0.25, -0.2) is 23.8 Å². The van der Waals surface area contributed by atoms with Crippen LogP contribution in [0.4, 0.5) is 0 Å². The summed E-state index contributed by atoms with van der Waals surface area (Å²) in [6.07, 6.45) is 2.54. The van der Waals surface area contributed by atoms with Crippen molar-refractivity contribution < 1.29 is 24.2 Å². The number of carboxylic acids is 1. The van der Waals surface area contributed by atoms with Crippen LogP contribution >= 0.6 is 0 Å². The van der Waals surface area contributed by atoms with E-state index in [1.165, 1.54) is 6.20 Å². The highest BCUT2D eigenvalue weighted by atomic mass is 16.6. The fourth-order valence-corrected chi connectivity index (χ4v) is 4.11. The first-order valence-corrected chi connectivity index (χ1v) is 10.5. The third-order valence-corrected chi connectivity index (χ3v) is 5.58. The van der Waals surface area contributed by atoms with Crippen LogP contribution in [-0.2, 0) is 11.2 Å². The first-order chi connectivity index (χ1) is 15.5. The predicted octanol–water partition coefficient (Wildman–Crippen LogP) is 2.40. The number of hydrogen-bond acceptors (Lipinski definition) is 6. The maximum Gasteiger partial charge on any atom is 0.353 e. The Morgan fingerprint density at radius 3 is 2.67 bits per heavy atom. The number of carboxylic acid groups (broad SMARTS) is 1. The van der Waals surface area contributed by atoms with E-state index in [2.05, 4.69) is 15.3 Å². The van der Waals surface area contributed by atoms with Crippen LogP contribution in [0.1, 0.15) is 81.3 Å². The zero-order valence-corrected chi connectivity index (χ0v) is 18.7. The molecule has 0 radical (unpaired) electrons. The average Bonchev–Trinajstić information content (AvgIpc) is 3.30. The van der Waals surface area contributed by atoms with Crippen LogP contribution in [0.5, 0.6) is 0 Å². The summed E-state index contributed by atoms with van der Waals surface area (Å²) in [5, 5.41) is 12.3. The number of carbonyl (C=O) groups is 3. The van der Waals surface area contributed by atoms with Crippen molar-refractivity contribution in [2.45, 2.75) is 52.2 Å². The summed E-state index contributed by atoms with van der Waals surface area (Å²) in [6, 6.07) is 4.27. The Hall–Kier alpha value is -3.95. The second-order valence-electron chi connectivity index (χ2n) is 8.99. The molecule has 10 nitrogen and oxygen atoms in total. The molecule has 1 amide bonds. The van der Waals surface area contributed by atoms with Crippen molar-refractivity contribution in [1.29, 1.82) is 0 Å². The number of rotatable bonds is 4. The molecule has 3 aromatic rings. The summed E-state index contributed by atoms with van der Waals surface area (Å²) in [6.45, 7) is 7.29. The summed E-state index contributed by atoms with van der Waals surface area (Å²) >= 11 is 0. The summed E-state index contributed by atoms with van der Waals surface area (Å²) in [4.78, 5) is 55.4. The number of amides is 1.